The van der Waals surface area contributed by atoms with Gasteiger partial charge in [-0.05, 0) is 24.0 Å². The van der Waals surface area contributed by atoms with Crippen molar-refractivity contribution in [2.24, 2.45) is 5.92 Å². The number of hydrogen-bond donors (Lipinski definition) is 0. The number of benzene rings is 1. The Morgan fingerprint density at radius 2 is 1.83 bits per heavy atom. The van der Waals surface area contributed by atoms with Crippen LogP contribution in [-0.2, 0) is 22.4 Å². The molecule has 1 aliphatic rings. The van der Waals surface area contributed by atoms with E-state index in [-0.39, 0.29) is 11.9 Å². The van der Waals surface area contributed by atoms with Gasteiger partial charge in [0.15, 0.2) is 0 Å². The lowest BCUT2D eigenvalue weighted by Crippen LogP contribution is -2.34. The van der Waals surface area contributed by atoms with Crippen LogP contribution in [-0.4, -0.2) is 37.6 Å². The zero-order valence-corrected chi connectivity index (χ0v) is 11.2. The van der Waals surface area contributed by atoms with Crippen LogP contribution in [0.15, 0.2) is 24.3 Å². The van der Waals surface area contributed by atoms with Crippen molar-refractivity contribution in [3.05, 3.63) is 35.4 Å². The molecule has 0 saturated carbocycles. The fourth-order valence-corrected chi connectivity index (χ4v) is 2.56. The summed E-state index contributed by atoms with van der Waals surface area (Å²) in [6.45, 7) is 4.78. The Morgan fingerprint density at radius 1 is 1.28 bits per heavy atom. The number of esters is 1. The Morgan fingerprint density at radius 3 is 2.33 bits per heavy atom. The Bertz CT molecular complexity index is 390. The van der Waals surface area contributed by atoms with Crippen molar-refractivity contribution in [1.82, 2.24) is 4.90 Å². The van der Waals surface area contributed by atoms with Gasteiger partial charge in [-0.1, -0.05) is 31.2 Å². The van der Waals surface area contributed by atoms with E-state index >= 15 is 0 Å². The fourth-order valence-electron chi connectivity index (χ4n) is 2.56. The molecule has 0 N–H and O–H groups in total. The average Bonchev–Trinajstić information content (AvgIpc) is 2.61. The van der Waals surface area contributed by atoms with E-state index < -0.39 is 0 Å². The van der Waals surface area contributed by atoms with Gasteiger partial charge >= 0.3 is 5.97 Å². The molecule has 18 heavy (non-hydrogen) atoms. The number of ether oxygens (including phenoxy) is 1. The summed E-state index contributed by atoms with van der Waals surface area (Å²) in [6.07, 6.45) is 2.15. The Hall–Kier alpha value is -1.35. The van der Waals surface area contributed by atoms with Crippen molar-refractivity contribution >= 4 is 5.97 Å². The van der Waals surface area contributed by atoms with Gasteiger partial charge in [0, 0.05) is 19.6 Å². The molecular formula is C15H21NO2. The molecule has 98 valence electrons. The molecule has 1 atom stereocenters. The standard InChI is InChI=1S/C15H21NO2/c1-12(15(17)18-2)11-16-9-7-13-5-3-4-6-14(13)8-10-16/h3-6,12H,7-11H2,1-2H3. The minimum absolute atomic E-state index is 0.0452. The summed E-state index contributed by atoms with van der Waals surface area (Å²) in [6, 6.07) is 8.63. The van der Waals surface area contributed by atoms with Gasteiger partial charge in [0.2, 0.25) is 0 Å². The highest BCUT2D eigenvalue weighted by Crippen LogP contribution is 2.16. The van der Waals surface area contributed by atoms with Crippen LogP contribution in [0.1, 0.15) is 18.1 Å². The molecule has 0 bridgehead atoms. The first-order chi connectivity index (χ1) is 8.70. The number of hydrogen-bond acceptors (Lipinski definition) is 3. The van der Waals surface area contributed by atoms with Crippen LogP contribution < -0.4 is 0 Å². The van der Waals surface area contributed by atoms with E-state index in [0.29, 0.717) is 0 Å². The summed E-state index contributed by atoms with van der Waals surface area (Å²) in [5.41, 5.74) is 2.90. The van der Waals surface area contributed by atoms with E-state index in [0.717, 1.165) is 32.5 Å². The van der Waals surface area contributed by atoms with Gasteiger partial charge in [-0.25, -0.2) is 0 Å². The zero-order valence-electron chi connectivity index (χ0n) is 11.2. The van der Waals surface area contributed by atoms with Gasteiger partial charge in [-0.3, -0.25) is 4.79 Å². The molecule has 1 unspecified atom stereocenters. The first kappa shape index (κ1) is 13.1. The summed E-state index contributed by atoms with van der Waals surface area (Å²) in [4.78, 5) is 13.8. The van der Waals surface area contributed by atoms with Gasteiger partial charge in [-0.15, -0.1) is 0 Å². The van der Waals surface area contributed by atoms with Crippen LogP contribution in [0.3, 0.4) is 0 Å². The maximum absolute atomic E-state index is 11.4. The average molecular weight is 247 g/mol. The maximum atomic E-state index is 11.4. The molecule has 3 nitrogen and oxygen atoms in total. The van der Waals surface area contributed by atoms with E-state index in [1.54, 1.807) is 0 Å². The van der Waals surface area contributed by atoms with Crippen molar-refractivity contribution in [2.75, 3.05) is 26.7 Å². The van der Waals surface area contributed by atoms with E-state index in [2.05, 4.69) is 29.2 Å². The summed E-state index contributed by atoms with van der Waals surface area (Å²) in [5, 5.41) is 0. The number of rotatable bonds is 3. The van der Waals surface area contributed by atoms with Crippen LogP contribution in [0, 0.1) is 5.92 Å². The molecule has 0 aliphatic carbocycles. The predicted octanol–water partition coefficient (Wildman–Crippen LogP) is 1.90. The van der Waals surface area contributed by atoms with Crippen molar-refractivity contribution in [2.45, 2.75) is 19.8 Å². The molecule has 2 rings (SSSR count). The molecule has 3 heteroatoms. The summed E-state index contributed by atoms with van der Waals surface area (Å²) in [7, 11) is 1.46. The number of carbonyl (C=O) groups is 1. The van der Waals surface area contributed by atoms with Crippen LogP contribution in [0.4, 0.5) is 0 Å². The van der Waals surface area contributed by atoms with Gasteiger partial charge in [0.05, 0.1) is 13.0 Å². The molecule has 1 aliphatic heterocycles. The van der Waals surface area contributed by atoms with Crippen LogP contribution in [0.2, 0.25) is 0 Å². The molecule has 1 heterocycles. The van der Waals surface area contributed by atoms with Gasteiger partial charge in [0.25, 0.3) is 0 Å². The summed E-state index contributed by atoms with van der Waals surface area (Å²) in [5.74, 6) is -0.159. The molecule has 0 saturated heterocycles. The normalized spacial score (nSPS) is 17.7. The van der Waals surface area contributed by atoms with Crippen LogP contribution in [0.5, 0.6) is 0 Å². The second-order valence-corrected chi connectivity index (χ2v) is 4.99. The van der Waals surface area contributed by atoms with E-state index in [4.69, 9.17) is 4.74 Å². The Labute approximate surface area is 109 Å². The van der Waals surface area contributed by atoms with Crippen molar-refractivity contribution in [1.29, 1.82) is 0 Å². The highest BCUT2D eigenvalue weighted by atomic mass is 16.5. The SMILES string of the molecule is COC(=O)C(C)CN1CCc2ccccc2CC1. The van der Waals surface area contributed by atoms with Crippen LogP contribution in [0.25, 0.3) is 0 Å². The zero-order chi connectivity index (χ0) is 13.0. The highest BCUT2D eigenvalue weighted by molar-refractivity contribution is 5.72. The Kier molecular flexibility index (Phi) is 4.37. The van der Waals surface area contributed by atoms with Gasteiger partial charge in [0.1, 0.15) is 0 Å². The quantitative estimate of drug-likeness (QED) is 0.764. The third-order valence-electron chi connectivity index (χ3n) is 3.65. The van der Waals surface area contributed by atoms with Crippen LogP contribution >= 0.6 is 0 Å². The molecule has 0 aromatic heterocycles. The van der Waals surface area contributed by atoms with Crippen molar-refractivity contribution in [3.63, 3.8) is 0 Å². The molecule has 1 aromatic carbocycles. The molecule has 0 amide bonds. The first-order valence-corrected chi connectivity index (χ1v) is 6.57. The molecule has 1 aromatic rings. The summed E-state index contributed by atoms with van der Waals surface area (Å²) >= 11 is 0. The van der Waals surface area contributed by atoms with E-state index in [1.165, 1.54) is 18.2 Å². The van der Waals surface area contributed by atoms with Crippen molar-refractivity contribution < 1.29 is 9.53 Å². The summed E-state index contributed by atoms with van der Waals surface area (Å²) < 4.78 is 4.78. The number of nitrogens with zero attached hydrogens (tertiary/aromatic N) is 1. The molecule has 0 spiro atoms. The third-order valence-corrected chi connectivity index (χ3v) is 3.65. The van der Waals surface area contributed by atoms with Gasteiger partial charge in [-0.2, -0.15) is 0 Å². The largest absolute Gasteiger partial charge is 0.469 e. The fraction of sp³-hybridized carbons (Fsp3) is 0.533. The monoisotopic (exact) mass is 247 g/mol. The lowest BCUT2D eigenvalue weighted by molar-refractivity contribution is -0.145. The molecule has 0 fully saturated rings. The maximum Gasteiger partial charge on any atom is 0.309 e. The topological polar surface area (TPSA) is 29.5 Å². The Balaban J connectivity index is 1.94. The smallest absolute Gasteiger partial charge is 0.309 e. The lowest BCUT2D eigenvalue weighted by atomic mass is 10.0. The number of fused-ring (bicyclic) bond motifs is 1. The second kappa shape index (κ2) is 6.01. The van der Waals surface area contributed by atoms with Crippen molar-refractivity contribution in [3.8, 4) is 0 Å². The molecule has 0 radical (unpaired) electrons. The van der Waals surface area contributed by atoms with Gasteiger partial charge < -0.3 is 9.64 Å². The first-order valence-electron chi connectivity index (χ1n) is 6.57. The predicted molar refractivity (Wildman–Crippen MR) is 71.5 cm³/mol. The number of carbonyl (C=O) groups excluding carboxylic acids is 1. The second-order valence-electron chi connectivity index (χ2n) is 4.99. The van der Waals surface area contributed by atoms with E-state index in [9.17, 15) is 4.79 Å². The number of methoxy groups -OCH3 is 1. The lowest BCUT2D eigenvalue weighted by Gasteiger charge is -2.22. The van der Waals surface area contributed by atoms with E-state index in [1.807, 2.05) is 6.92 Å². The minimum atomic E-state index is -0.114. The minimum Gasteiger partial charge on any atom is -0.469 e. The highest BCUT2D eigenvalue weighted by Gasteiger charge is 2.19. The third kappa shape index (κ3) is 3.10. The molecular weight excluding hydrogens is 226 g/mol.